The molecule has 1 unspecified atom stereocenters. The Balaban J connectivity index is 1.69. The lowest BCUT2D eigenvalue weighted by molar-refractivity contribution is -0.116. The Hall–Kier alpha value is -3.26. The molecular weight excluding hydrogens is 378 g/mol. The average molecular weight is 394 g/mol. The summed E-state index contributed by atoms with van der Waals surface area (Å²) in [4.78, 5) is 12.5. The van der Waals surface area contributed by atoms with Gasteiger partial charge in [-0.05, 0) is 43.7 Å². The molecule has 1 N–H and O–H groups in total. The van der Waals surface area contributed by atoms with Crippen molar-refractivity contribution in [3.63, 3.8) is 0 Å². The predicted molar refractivity (Wildman–Crippen MR) is 104 cm³/mol. The van der Waals surface area contributed by atoms with E-state index in [1.165, 1.54) is 0 Å². The molecule has 3 aromatic heterocycles. The van der Waals surface area contributed by atoms with Gasteiger partial charge in [0.25, 0.3) is 0 Å². The van der Waals surface area contributed by atoms with Crippen molar-refractivity contribution in [2.75, 3.05) is 5.32 Å². The number of carbonyl (C=O) groups is 1. The van der Waals surface area contributed by atoms with Gasteiger partial charge < -0.3 is 5.32 Å². The van der Waals surface area contributed by atoms with Gasteiger partial charge in [-0.3, -0.25) is 4.79 Å². The third kappa shape index (κ3) is 2.56. The fourth-order valence-electron chi connectivity index (χ4n) is 3.72. The van der Waals surface area contributed by atoms with Gasteiger partial charge in [0.1, 0.15) is 5.82 Å². The molecule has 1 aliphatic heterocycles. The molecule has 0 spiro atoms. The zero-order valence-corrected chi connectivity index (χ0v) is 16.0. The van der Waals surface area contributed by atoms with Crippen LogP contribution in [-0.2, 0) is 4.79 Å². The molecule has 0 saturated carbocycles. The van der Waals surface area contributed by atoms with Gasteiger partial charge >= 0.3 is 0 Å². The van der Waals surface area contributed by atoms with Gasteiger partial charge in [-0.1, -0.05) is 23.7 Å². The molecule has 4 aromatic rings. The van der Waals surface area contributed by atoms with Crippen molar-refractivity contribution in [1.29, 1.82) is 0 Å². The van der Waals surface area contributed by atoms with Gasteiger partial charge in [-0.2, -0.15) is 14.3 Å². The number of fused-ring (bicyclic) bond motifs is 2. The number of aromatic nitrogens is 6. The number of nitrogens with zero attached hydrogens (tertiary/aromatic N) is 6. The fraction of sp³-hybridized carbons (Fsp3) is 0.211. The molecule has 9 heteroatoms. The first-order chi connectivity index (χ1) is 13.5. The first kappa shape index (κ1) is 16.9. The normalized spacial score (nSPS) is 16.2. The van der Waals surface area contributed by atoms with Crippen molar-refractivity contribution in [1.82, 2.24) is 29.6 Å². The highest BCUT2D eigenvalue weighted by Gasteiger charge is 2.33. The summed E-state index contributed by atoms with van der Waals surface area (Å²) in [5, 5.41) is 21.0. The van der Waals surface area contributed by atoms with Gasteiger partial charge in [-0.25, -0.2) is 0 Å². The summed E-state index contributed by atoms with van der Waals surface area (Å²) in [6.45, 7) is 3.77. The molecule has 140 valence electrons. The molecule has 0 fully saturated rings. The molecule has 4 heterocycles. The van der Waals surface area contributed by atoms with E-state index >= 15 is 0 Å². The summed E-state index contributed by atoms with van der Waals surface area (Å²) in [5.41, 5.74) is 3.45. The summed E-state index contributed by atoms with van der Waals surface area (Å²) in [7, 11) is 0. The molecular formula is C19H16ClN7O. The summed E-state index contributed by atoms with van der Waals surface area (Å²) < 4.78 is 3.32. The third-order valence-corrected chi connectivity index (χ3v) is 5.21. The minimum absolute atomic E-state index is 0.0693. The van der Waals surface area contributed by atoms with E-state index in [0.29, 0.717) is 34.6 Å². The van der Waals surface area contributed by atoms with Gasteiger partial charge in [0.15, 0.2) is 17.3 Å². The lowest BCUT2D eigenvalue weighted by atomic mass is 9.86. The summed E-state index contributed by atoms with van der Waals surface area (Å²) in [6.07, 6.45) is 0.344. The van der Waals surface area contributed by atoms with Crippen LogP contribution < -0.4 is 5.32 Å². The van der Waals surface area contributed by atoms with Crippen LogP contribution in [0.15, 0.2) is 36.4 Å². The van der Waals surface area contributed by atoms with E-state index in [1.54, 1.807) is 9.20 Å². The number of nitrogens with one attached hydrogen (secondary N) is 1. The van der Waals surface area contributed by atoms with Gasteiger partial charge in [0, 0.05) is 22.9 Å². The topological polar surface area (TPSA) is 90.0 Å². The number of benzene rings is 1. The van der Waals surface area contributed by atoms with Gasteiger partial charge in [-0.15, -0.1) is 15.3 Å². The Morgan fingerprint density at radius 3 is 2.82 bits per heavy atom. The predicted octanol–water partition coefficient (Wildman–Crippen LogP) is 3.05. The van der Waals surface area contributed by atoms with Crippen molar-refractivity contribution in [3.8, 4) is 5.82 Å². The maximum absolute atomic E-state index is 12.5. The standard InChI is InChI=1S/C19H16ClN7O/c1-10-18-14(12-4-3-5-13(20)8-12)9-17(28)21-19(18)27(24-10)16-7-6-15-23-22-11(2)26(15)25-16/h3-8,14H,9H2,1-2H3,(H,21,28). The number of carbonyl (C=O) groups excluding carboxylic acids is 1. The Labute approximate surface area is 165 Å². The highest BCUT2D eigenvalue weighted by Crippen LogP contribution is 2.40. The van der Waals surface area contributed by atoms with Crippen LogP contribution in [0.2, 0.25) is 5.02 Å². The maximum atomic E-state index is 12.5. The first-order valence-electron chi connectivity index (χ1n) is 8.85. The number of amides is 1. The monoisotopic (exact) mass is 393 g/mol. The largest absolute Gasteiger partial charge is 0.310 e. The number of anilines is 1. The smallest absolute Gasteiger partial charge is 0.226 e. The molecule has 0 bridgehead atoms. The van der Waals surface area contributed by atoms with Crippen molar-refractivity contribution >= 4 is 29.0 Å². The van der Waals surface area contributed by atoms with Crippen LogP contribution in [0, 0.1) is 13.8 Å². The van der Waals surface area contributed by atoms with Crippen LogP contribution in [0.25, 0.3) is 11.5 Å². The van der Waals surface area contributed by atoms with E-state index in [0.717, 1.165) is 16.8 Å². The Kier molecular flexibility index (Phi) is 3.70. The Morgan fingerprint density at radius 1 is 1.14 bits per heavy atom. The summed E-state index contributed by atoms with van der Waals surface area (Å²) in [5.74, 6) is 1.70. The number of hydrogen-bond donors (Lipinski definition) is 1. The fourth-order valence-corrected chi connectivity index (χ4v) is 3.92. The minimum Gasteiger partial charge on any atom is -0.310 e. The molecule has 1 atom stereocenters. The molecule has 1 aliphatic rings. The Bertz CT molecular complexity index is 1240. The summed E-state index contributed by atoms with van der Waals surface area (Å²) >= 11 is 6.18. The second-order valence-corrected chi connectivity index (χ2v) is 7.26. The van der Waals surface area contributed by atoms with E-state index in [1.807, 2.05) is 50.2 Å². The molecule has 1 aromatic carbocycles. The zero-order chi connectivity index (χ0) is 19.4. The molecule has 1 amide bonds. The quantitative estimate of drug-likeness (QED) is 0.565. The van der Waals surface area contributed by atoms with E-state index in [-0.39, 0.29) is 11.8 Å². The third-order valence-electron chi connectivity index (χ3n) is 4.98. The van der Waals surface area contributed by atoms with E-state index in [2.05, 4.69) is 25.7 Å². The second-order valence-electron chi connectivity index (χ2n) is 6.83. The average Bonchev–Trinajstić information content (AvgIpc) is 3.21. The van der Waals surface area contributed by atoms with Crippen LogP contribution in [0.1, 0.15) is 35.0 Å². The van der Waals surface area contributed by atoms with E-state index in [9.17, 15) is 4.79 Å². The van der Waals surface area contributed by atoms with Crippen LogP contribution in [0.5, 0.6) is 0 Å². The first-order valence-corrected chi connectivity index (χ1v) is 9.23. The minimum atomic E-state index is -0.114. The number of aryl methyl sites for hydroxylation is 2. The second kappa shape index (κ2) is 6.13. The van der Waals surface area contributed by atoms with Crippen LogP contribution in [0.3, 0.4) is 0 Å². The van der Waals surface area contributed by atoms with Crippen molar-refractivity contribution < 1.29 is 4.79 Å². The molecule has 28 heavy (non-hydrogen) atoms. The molecule has 8 nitrogen and oxygen atoms in total. The molecule has 5 rings (SSSR count). The van der Waals surface area contributed by atoms with Crippen LogP contribution in [-0.4, -0.2) is 35.5 Å². The Morgan fingerprint density at radius 2 is 2.00 bits per heavy atom. The molecule has 0 saturated heterocycles. The van der Waals surface area contributed by atoms with Crippen molar-refractivity contribution in [3.05, 3.63) is 64.1 Å². The lowest BCUT2D eigenvalue weighted by Crippen LogP contribution is -2.25. The van der Waals surface area contributed by atoms with Crippen LogP contribution in [0.4, 0.5) is 5.82 Å². The number of hydrogen-bond acceptors (Lipinski definition) is 5. The SMILES string of the molecule is Cc1nn(-c2ccc3nnc(C)n3n2)c2c1C(c1cccc(Cl)c1)CC(=O)N2. The van der Waals surface area contributed by atoms with E-state index < -0.39 is 0 Å². The molecule has 0 radical (unpaired) electrons. The highest BCUT2D eigenvalue weighted by molar-refractivity contribution is 6.30. The van der Waals surface area contributed by atoms with Gasteiger partial charge in [0.05, 0.1) is 5.69 Å². The maximum Gasteiger partial charge on any atom is 0.226 e. The lowest BCUT2D eigenvalue weighted by Gasteiger charge is -2.24. The number of rotatable bonds is 2. The van der Waals surface area contributed by atoms with Gasteiger partial charge in [0.2, 0.25) is 5.91 Å². The highest BCUT2D eigenvalue weighted by atomic mass is 35.5. The zero-order valence-electron chi connectivity index (χ0n) is 15.2. The molecule has 0 aliphatic carbocycles. The van der Waals surface area contributed by atoms with Crippen molar-refractivity contribution in [2.24, 2.45) is 0 Å². The number of halogens is 1. The van der Waals surface area contributed by atoms with Crippen molar-refractivity contribution in [2.45, 2.75) is 26.2 Å². The van der Waals surface area contributed by atoms with Crippen LogP contribution >= 0.6 is 11.6 Å². The summed E-state index contributed by atoms with van der Waals surface area (Å²) in [6, 6.07) is 11.2. The van der Waals surface area contributed by atoms with E-state index in [4.69, 9.17) is 11.6 Å².